The Morgan fingerprint density at radius 2 is 1.46 bits per heavy atom. The summed E-state index contributed by atoms with van der Waals surface area (Å²) in [5.41, 5.74) is -0.0487. The number of ether oxygens (including phenoxy) is 3. The number of halogens is 3. The second-order valence-electron chi connectivity index (χ2n) is 6.55. The molecule has 0 saturated heterocycles. The molecule has 152 valence electrons. The van der Waals surface area contributed by atoms with Crippen molar-refractivity contribution in [3.63, 3.8) is 0 Å². The maximum absolute atomic E-state index is 12.6. The van der Waals surface area contributed by atoms with Gasteiger partial charge in [-0.2, -0.15) is 13.2 Å². The van der Waals surface area contributed by atoms with Gasteiger partial charge in [0.25, 0.3) is 0 Å². The van der Waals surface area contributed by atoms with Crippen LogP contribution in [-0.2, 0) is 22.3 Å². The SMILES string of the molecule is COC(=O)C(C)C(C)COc1ccc(OCc2ccc(C(F)(F)F)cc2)cc1. The molecule has 2 aromatic carbocycles. The molecule has 0 fully saturated rings. The van der Waals surface area contributed by atoms with Crippen LogP contribution in [0.3, 0.4) is 0 Å². The maximum Gasteiger partial charge on any atom is 0.416 e. The lowest BCUT2D eigenvalue weighted by Crippen LogP contribution is -2.24. The normalized spacial score (nSPS) is 13.5. The number of hydrogen-bond donors (Lipinski definition) is 0. The van der Waals surface area contributed by atoms with Gasteiger partial charge in [-0.1, -0.05) is 26.0 Å². The van der Waals surface area contributed by atoms with Crippen LogP contribution < -0.4 is 9.47 Å². The molecule has 0 heterocycles. The van der Waals surface area contributed by atoms with Gasteiger partial charge >= 0.3 is 12.1 Å². The minimum Gasteiger partial charge on any atom is -0.493 e. The number of benzene rings is 2. The standard InChI is InChI=1S/C21H23F3O4/c1-14(15(2)20(25)26-3)12-27-18-8-10-19(11-9-18)28-13-16-4-6-17(7-5-16)21(22,23)24/h4-11,14-15H,12-13H2,1-3H3. The van der Waals surface area contributed by atoms with Crippen LogP contribution in [0.1, 0.15) is 25.0 Å². The van der Waals surface area contributed by atoms with Gasteiger partial charge in [-0.3, -0.25) is 4.79 Å². The Hall–Kier alpha value is -2.70. The number of esters is 1. The van der Waals surface area contributed by atoms with Gasteiger partial charge in [0.1, 0.15) is 18.1 Å². The van der Waals surface area contributed by atoms with Crippen molar-refractivity contribution in [3.05, 3.63) is 59.7 Å². The zero-order valence-corrected chi connectivity index (χ0v) is 16.0. The largest absolute Gasteiger partial charge is 0.493 e. The highest BCUT2D eigenvalue weighted by Crippen LogP contribution is 2.29. The molecule has 4 nitrogen and oxygen atoms in total. The van der Waals surface area contributed by atoms with Crippen molar-refractivity contribution >= 4 is 5.97 Å². The summed E-state index contributed by atoms with van der Waals surface area (Å²) >= 11 is 0. The third-order valence-corrected chi connectivity index (χ3v) is 4.45. The molecule has 0 bridgehead atoms. The predicted octanol–water partition coefficient (Wildman–Crippen LogP) is 5.11. The first-order valence-corrected chi connectivity index (χ1v) is 8.80. The average molecular weight is 396 g/mol. The van der Waals surface area contributed by atoms with Crippen LogP contribution >= 0.6 is 0 Å². The number of rotatable bonds is 8. The van der Waals surface area contributed by atoms with Crippen LogP contribution in [-0.4, -0.2) is 19.7 Å². The van der Waals surface area contributed by atoms with Crippen molar-refractivity contribution in [1.29, 1.82) is 0 Å². The molecule has 0 aliphatic rings. The third-order valence-electron chi connectivity index (χ3n) is 4.45. The van der Waals surface area contributed by atoms with E-state index >= 15 is 0 Å². The van der Waals surface area contributed by atoms with Crippen LogP contribution in [0.5, 0.6) is 11.5 Å². The van der Waals surface area contributed by atoms with Gasteiger partial charge in [0.15, 0.2) is 0 Å². The third kappa shape index (κ3) is 6.18. The van der Waals surface area contributed by atoms with Crippen molar-refractivity contribution in [1.82, 2.24) is 0 Å². The molecule has 0 aliphatic carbocycles. The molecule has 7 heteroatoms. The maximum atomic E-state index is 12.6. The van der Waals surface area contributed by atoms with E-state index in [4.69, 9.17) is 14.2 Å². The lowest BCUT2D eigenvalue weighted by Gasteiger charge is -2.18. The molecule has 28 heavy (non-hydrogen) atoms. The molecule has 0 spiro atoms. The van der Waals surface area contributed by atoms with Gasteiger partial charge in [0, 0.05) is 5.92 Å². The second kappa shape index (κ2) is 9.48. The second-order valence-corrected chi connectivity index (χ2v) is 6.55. The average Bonchev–Trinajstić information content (AvgIpc) is 2.69. The first kappa shape index (κ1) is 21.6. The van der Waals surface area contributed by atoms with E-state index in [0.717, 1.165) is 12.1 Å². The lowest BCUT2D eigenvalue weighted by atomic mass is 9.97. The first-order chi connectivity index (χ1) is 13.2. The van der Waals surface area contributed by atoms with E-state index in [0.29, 0.717) is 23.7 Å². The van der Waals surface area contributed by atoms with Gasteiger partial charge in [-0.25, -0.2) is 0 Å². The van der Waals surface area contributed by atoms with Gasteiger partial charge in [0.05, 0.1) is 25.2 Å². The molecule has 0 aliphatic heterocycles. The monoisotopic (exact) mass is 396 g/mol. The fraction of sp³-hybridized carbons (Fsp3) is 0.381. The summed E-state index contributed by atoms with van der Waals surface area (Å²) in [5.74, 6) is 0.650. The lowest BCUT2D eigenvalue weighted by molar-refractivity contribution is -0.146. The fourth-order valence-electron chi connectivity index (χ4n) is 2.38. The highest BCUT2D eigenvalue weighted by atomic mass is 19.4. The van der Waals surface area contributed by atoms with Crippen molar-refractivity contribution in [2.45, 2.75) is 26.6 Å². The van der Waals surface area contributed by atoms with Crippen molar-refractivity contribution in [2.24, 2.45) is 11.8 Å². The van der Waals surface area contributed by atoms with Gasteiger partial charge in [-0.15, -0.1) is 0 Å². The number of methoxy groups -OCH3 is 1. The van der Waals surface area contributed by atoms with E-state index in [2.05, 4.69) is 0 Å². The van der Waals surface area contributed by atoms with Crippen LogP contribution in [0.15, 0.2) is 48.5 Å². The Labute approximate surface area is 162 Å². The van der Waals surface area contributed by atoms with Gasteiger partial charge in [-0.05, 0) is 42.0 Å². The molecule has 0 radical (unpaired) electrons. The summed E-state index contributed by atoms with van der Waals surface area (Å²) in [6, 6.07) is 11.8. The summed E-state index contributed by atoms with van der Waals surface area (Å²) in [6.45, 7) is 4.22. The summed E-state index contributed by atoms with van der Waals surface area (Å²) in [4.78, 5) is 11.5. The minimum absolute atomic E-state index is 0.0111. The molecule has 2 aromatic rings. The predicted molar refractivity (Wildman–Crippen MR) is 98.1 cm³/mol. The molecule has 0 amide bonds. The van der Waals surface area contributed by atoms with E-state index in [1.54, 1.807) is 31.2 Å². The Morgan fingerprint density at radius 1 is 0.929 bits per heavy atom. The molecule has 2 unspecified atom stereocenters. The van der Waals surface area contributed by atoms with Crippen LogP contribution in [0.25, 0.3) is 0 Å². The first-order valence-electron chi connectivity index (χ1n) is 8.80. The minimum atomic E-state index is -4.35. The van der Waals surface area contributed by atoms with Gasteiger partial charge in [0.2, 0.25) is 0 Å². The smallest absolute Gasteiger partial charge is 0.416 e. The fourth-order valence-corrected chi connectivity index (χ4v) is 2.38. The summed E-state index contributed by atoms with van der Waals surface area (Å²) in [7, 11) is 1.36. The summed E-state index contributed by atoms with van der Waals surface area (Å²) in [6.07, 6.45) is -4.35. The van der Waals surface area contributed by atoms with Crippen molar-refractivity contribution in [2.75, 3.05) is 13.7 Å². The zero-order chi connectivity index (χ0) is 20.7. The quantitative estimate of drug-likeness (QED) is 0.582. The van der Waals surface area contributed by atoms with E-state index in [-0.39, 0.29) is 24.4 Å². The zero-order valence-electron chi connectivity index (χ0n) is 16.0. The number of carbonyl (C=O) groups excluding carboxylic acids is 1. The van der Waals surface area contributed by atoms with Crippen LogP contribution in [0, 0.1) is 11.8 Å². The summed E-state index contributed by atoms with van der Waals surface area (Å²) in [5, 5.41) is 0. The Bertz CT molecular complexity index is 755. The van der Waals surface area contributed by atoms with Gasteiger partial charge < -0.3 is 14.2 Å². The molecular weight excluding hydrogens is 373 g/mol. The highest BCUT2D eigenvalue weighted by Gasteiger charge is 2.29. The molecule has 0 N–H and O–H groups in total. The van der Waals surface area contributed by atoms with Crippen LogP contribution in [0.2, 0.25) is 0 Å². The van der Waals surface area contributed by atoms with E-state index < -0.39 is 11.7 Å². The number of hydrogen-bond acceptors (Lipinski definition) is 4. The van der Waals surface area contributed by atoms with E-state index in [9.17, 15) is 18.0 Å². The highest BCUT2D eigenvalue weighted by molar-refractivity contribution is 5.72. The molecule has 0 saturated carbocycles. The Morgan fingerprint density at radius 3 is 1.96 bits per heavy atom. The Kier molecular flexibility index (Phi) is 7.31. The number of alkyl halides is 3. The summed E-state index contributed by atoms with van der Waals surface area (Å²) < 4.78 is 53.7. The van der Waals surface area contributed by atoms with Crippen LogP contribution in [0.4, 0.5) is 13.2 Å². The number of carbonyl (C=O) groups is 1. The van der Waals surface area contributed by atoms with E-state index in [1.807, 2.05) is 6.92 Å². The Balaban J connectivity index is 1.83. The van der Waals surface area contributed by atoms with Crippen molar-refractivity contribution < 1.29 is 32.2 Å². The molecular formula is C21H23F3O4. The van der Waals surface area contributed by atoms with Crippen molar-refractivity contribution in [3.8, 4) is 11.5 Å². The molecule has 0 aromatic heterocycles. The van der Waals surface area contributed by atoms with E-state index in [1.165, 1.54) is 19.2 Å². The molecule has 2 rings (SSSR count). The topological polar surface area (TPSA) is 44.8 Å². The molecule has 2 atom stereocenters.